The Balaban J connectivity index is 1.61. The molecule has 1 N–H and O–H groups in total. The highest BCUT2D eigenvalue weighted by Crippen LogP contribution is 2.21. The average molecular weight is 335 g/mol. The third kappa shape index (κ3) is 4.30. The summed E-state index contributed by atoms with van der Waals surface area (Å²) in [6.07, 6.45) is 7.68. The molecule has 2 aliphatic heterocycles. The van der Waals surface area contributed by atoms with Crippen LogP contribution in [0.4, 0.5) is 4.79 Å². The lowest BCUT2D eigenvalue weighted by Crippen LogP contribution is -2.48. The number of carbonyl (C=O) groups excluding carboxylic acids is 1. The number of carbonyl (C=O) groups is 1. The van der Waals surface area contributed by atoms with Crippen molar-refractivity contribution in [1.29, 1.82) is 0 Å². The molecule has 0 radical (unpaired) electrons. The van der Waals surface area contributed by atoms with Crippen LogP contribution >= 0.6 is 0 Å². The molecule has 6 nitrogen and oxygen atoms in total. The van der Waals surface area contributed by atoms with Gasteiger partial charge in [0.15, 0.2) is 0 Å². The van der Waals surface area contributed by atoms with Crippen molar-refractivity contribution in [3.63, 3.8) is 0 Å². The van der Waals surface area contributed by atoms with Crippen LogP contribution in [-0.2, 0) is 4.74 Å². The van der Waals surface area contributed by atoms with E-state index in [2.05, 4.69) is 10.2 Å². The van der Waals surface area contributed by atoms with Crippen LogP contribution in [0, 0.1) is 0 Å². The van der Waals surface area contributed by atoms with E-state index >= 15 is 0 Å². The summed E-state index contributed by atoms with van der Waals surface area (Å²) in [5.41, 5.74) is 0. The Morgan fingerprint density at radius 1 is 1.33 bits per heavy atom. The van der Waals surface area contributed by atoms with Crippen LogP contribution in [0.25, 0.3) is 0 Å². The minimum Gasteiger partial charge on any atom is -0.467 e. The van der Waals surface area contributed by atoms with E-state index in [-0.39, 0.29) is 12.1 Å². The van der Waals surface area contributed by atoms with Gasteiger partial charge in [-0.3, -0.25) is 4.90 Å². The van der Waals surface area contributed by atoms with E-state index in [1.54, 1.807) is 13.4 Å². The number of rotatable bonds is 5. The first-order chi connectivity index (χ1) is 11.8. The topological polar surface area (TPSA) is 58.0 Å². The molecule has 0 aromatic carbocycles. The van der Waals surface area contributed by atoms with Crippen molar-refractivity contribution >= 4 is 6.03 Å². The molecular weight excluding hydrogens is 306 g/mol. The average Bonchev–Trinajstić information content (AvgIpc) is 3.25. The van der Waals surface area contributed by atoms with Crippen LogP contribution in [0.5, 0.6) is 0 Å². The zero-order valence-electron chi connectivity index (χ0n) is 14.6. The molecule has 6 heteroatoms. The third-order valence-electron chi connectivity index (χ3n) is 5.11. The molecule has 3 rings (SSSR count). The summed E-state index contributed by atoms with van der Waals surface area (Å²) in [7, 11) is 1.64. The van der Waals surface area contributed by atoms with Crippen LogP contribution < -0.4 is 5.32 Å². The molecule has 3 heterocycles. The first-order valence-corrected chi connectivity index (χ1v) is 9.10. The molecule has 1 aromatic rings. The van der Waals surface area contributed by atoms with Crippen molar-refractivity contribution in [2.75, 3.05) is 39.9 Å². The summed E-state index contributed by atoms with van der Waals surface area (Å²) in [5, 5.41) is 3.08. The number of amides is 2. The molecule has 0 bridgehead atoms. The number of hydrogen-bond donors (Lipinski definition) is 1. The lowest BCUT2D eigenvalue weighted by molar-refractivity contribution is 0.139. The molecule has 0 aliphatic carbocycles. The largest absolute Gasteiger partial charge is 0.467 e. The maximum atomic E-state index is 12.8. The molecule has 0 unspecified atom stereocenters. The van der Waals surface area contributed by atoms with Gasteiger partial charge in [0.05, 0.1) is 12.9 Å². The van der Waals surface area contributed by atoms with Gasteiger partial charge in [-0.1, -0.05) is 6.42 Å². The number of hydrogen-bond acceptors (Lipinski definition) is 4. The lowest BCUT2D eigenvalue weighted by Gasteiger charge is -2.31. The highest BCUT2D eigenvalue weighted by Gasteiger charge is 2.29. The van der Waals surface area contributed by atoms with Crippen LogP contribution in [0.15, 0.2) is 22.8 Å². The normalized spacial score (nSPS) is 23.9. The van der Waals surface area contributed by atoms with Gasteiger partial charge in [-0.05, 0) is 50.9 Å². The third-order valence-corrected chi connectivity index (χ3v) is 5.11. The molecule has 134 valence electrons. The van der Waals surface area contributed by atoms with Crippen LogP contribution in [-0.4, -0.2) is 61.8 Å². The molecule has 2 aliphatic rings. The summed E-state index contributed by atoms with van der Waals surface area (Å²) in [6.45, 7) is 4.41. The smallest absolute Gasteiger partial charge is 0.318 e. The van der Waals surface area contributed by atoms with E-state index in [0.717, 1.165) is 25.3 Å². The Hall–Kier alpha value is -1.53. The Kier molecular flexibility index (Phi) is 6.15. The SMILES string of the molecule is COC[C@@H](NC(=O)N1CCCC[C@@H](N2CCCC2)C1)c1ccco1. The van der Waals surface area contributed by atoms with Gasteiger partial charge in [-0.25, -0.2) is 4.79 Å². The molecule has 2 fully saturated rings. The number of nitrogens with one attached hydrogen (secondary N) is 1. The van der Waals surface area contributed by atoms with Gasteiger partial charge < -0.3 is 19.4 Å². The van der Waals surface area contributed by atoms with Gasteiger partial charge in [0.25, 0.3) is 0 Å². The number of furan rings is 1. The predicted octanol–water partition coefficient (Wildman–Crippen LogP) is 2.63. The minimum atomic E-state index is -0.244. The second-order valence-electron chi connectivity index (χ2n) is 6.81. The molecule has 2 amide bonds. The predicted molar refractivity (Wildman–Crippen MR) is 91.9 cm³/mol. The highest BCUT2D eigenvalue weighted by molar-refractivity contribution is 5.74. The van der Waals surface area contributed by atoms with Crippen LogP contribution in [0.2, 0.25) is 0 Å². The number of ether oxygens (including phenoxy) is 1. The summed E-state index contributed by atoms with van der Waals surface area (Å²) < 4.78 is 10.7. The fourth-order valence-corrected chi connectivity index (χ4v) is 3.80. The number of likely N-dealkylation sites (tertiary alicyclic amines) is 2. The zero-order valence-corrected chi connectivity index (χ0v) is 14.6. The van der Waals surface area contributed by atoms with E-state index in [0.29, 0.717) is 12.6 Å². The zero-order chi connectivity index (χ0) is 16.8. The summed E-state index contributed by atoms with van der Waals surface area (Å²) >= 11 is 0. The van der Waals surface area contributed by atoms with E-state index in [4.69, 9.17) is 9.15 Å². The van der Waals surface area contributed by atoms with Gasteiger partial charge >= 0.3 is 6.03 Å². The molecular formula is C18H29N3O3. The molecule has 2 atom stereocenters. The van der Waals surface area contributed by atoms with Gasteiger partial charge in [-0.15, -0.1) is 0 Å². The molecule has 1 aromatic heterocycles. The molecule has 2 saturated heterocycles. The van der Waals surface area contributed by atoms with E-state index < -0.39 is 0 Å². The number of methoxy groups -OCH3 is 1. The fraction of sp³-hybridized carbons (Fsp3) is 0.722. The standard InChI is InChI=1S/C18H29N3O3/c1-23-14-16(17-8-6-12-24-17)19-18(22)21-11-3-2-7-15(13-21)20-9-4-5-10-20/h6,8,12,15-16H,2-5,7,9-11,13-14H2,1H3,(H,19,22)/t15-,16-/m1/s1. The quantitative estimate of drug-likeness (QED) is 0.899. The first-order valence-electron chi connectivity index (χ1n) is 9.10. The van der Waals surface area contributed by atoms with Crippen molar-refractivity contribution in [3.05, 3.63) is 24.2 Å². The Bertz CT molecular complexity index is 500. The maximum absolute atomic E-state index is 12.8. The van der Waals surface area contributed by atoms with E-state index in [9.17, 15) is 4.79 Å². The van der Waals surface area contributed by atoms with E-state index in [1.807, 2.05) is 17.0 Å². The second kappa shape index (κ2) is 8.53. The van der Waals surface area contributed by atoms with E-state index in [1.165, 1.54) is 38.8 Å². The number of urea groups is 1. The first kappa shape index (κ1) is 17.3. The monoisotopic (exact) mass is 335 g/mol. The lowest BCUT2D eigenvalue weighted by atomic mass is 10.1. The van der Waals surface area contributed by atoms with Crippen molar-refractivity contribution in [2.45, 2.75) is 44.2 Å². The summed E-state index contributed by atoms with van der Waals surface area (Å²) in [5.74, 6) is 0.733. The maximum Gasteiger partial charge on any atom is 0.318 e. The van der Waals surface area contributed by atoms with Crippen LogP contribution in [0.3, 0.4) is 0 Å². The molecule has 0 saturated carbocycles. The molecule has 0 spiro atoms. The molecule has 24 heavy (non-hydrogen) atoms. The Labute approximate surface area is 144 Å². The second-order valence-corrected chi connectivity index (χ2v) is 6.81. The summed E-state index contributed by atoms with van der Waals surface area (Å²) in [6, 6.07) is 3.95. The minimum absolute atomic E-state index is 0.0143. The Morgan fingerprint density at radius 3 is 2.83 bits per heavy atom. The van der Waals surface area contributed by atoms with Crippen molar-refractivity contribution in [1.82, 2.24) is 15.1 Å². The Morgan fingerprint density at radius 2 is 2.12 bits per heavy atom. The number of nitrogens with zero attached hydrogens (tertiary/aromatic N) is 2. The van der Waals surface area contributed by atoms with Gasteiger partial charge in [-0.2, -0.15) is 0 Å². The van der Waals surface area contributed by atoms with Crippen LogP contribution in [0.1, 0.15) is 43.9 Å². The van der Waals surface area contributed by atoms with Gasteiger partial charge in [0.2, 0.25) is 0 Å². The highest BCUT2D eigenvalue weighted by atomic mass is 16.5. The van der Waals surface area contributed by atoms with Crippen molar-refractivity contribution in [2.24, 2.45) is 0 Å². The summed E-state index contributed by atoms with van der Waals surface area (Å²) in [4.78, 5) is 17.3. The fourth-order valence-electron chi connectivity index (χ4n) is 3.80. The van der Waals surface area contributed by atoms with Crippen molar-refractivity contribution < 1.29 is 13.9 Å². The van der Waals surface area contributed by atoms with Crippen molar-refractivity contribution in [3.8, 4) is 0 Å². The van der Waals surface area contributed by atoms with Gasteiger partial charge in [0.1, 0.15) is 11.8 Å². The van der Waals surface area contributed by atoms with Gasteiger partial charge in [0, 0.05) is 26.2 Å².